The third-order valence-electron chi connectivity index (χ3n) is 3.86. The highest BCUT2D eigenvalue weighted by Crippen LogP contribution is 2.34. The standard InChI is InChI=1S/C19H20O3/c1-20-16-9-5-14(6-10-16)19(18-4-3-13-22-18)15-7-11-17(21-2)12-8-15/h5-12H,3-4,13H2,1-2H3. The summed E-state index contributed by atoms with van der Waals surface area (Å²) in [4.78, 5) is 0. The summed E-state index contributed by atoms with van der Waals surface area (Å²) in [5, 5.41) is 0. The highest BCUT2D eigenvalue weighted by molar-refractivity contribution is 5.81. The Morgan fingerprint density at radius 1 is 0.818 bits per heavy atom. The average Bonchev–Trinajstić information content (AvgIpc) is 3.10. The van der Waals surface area contributed by atoms with Gasteiger partial charge < -0.3 is 14.2 Å². The van der Waals surface area contributed by atoms with Crippen LogP contribution in [0.1, 0.15) is 24.0 Å². The smallest absolute Gasteiger partial charge is 0.118 e. The van der Waals surface area contributed by atoms with Gasteiger partial charge in [0.25, 0.3) is 0 Å². The van der Waals surface area contributed by atoms with E-state index in [4.69, 9.17) is 14.2 Å². The van der Waals surface area contributed by atoms with E-state index in [1.54, 1.807) is 14.2 Å². The van der Waals surface area contributed by atoms with Gasteiger partial charge in [-0.2, -0.15) is 0 Å². The van der Waals surface area contributed by atoms with Gasteiger partial charge in [-0.3, -0.25) is 0 Å². The van der Waals surface area contributed by atoms with Crippen LogP contribution in [0.3, 0.4) is 0 Å². The molecule has 0 spiro atoms. The molecule has 0 unspecified atom stereocenters. The second-order valence-corrected chi connectivity index (χ2v) is 5.21. The zero-order valence-corrected chi connectivity index (χ0v) is 13.0. The van der Waals surface area contributed by atoms with Gasteiger partial charge in [0.05, 0.1) is 20.8 Å². The van der Waals surface area contributed by atoms with Crippen LogP contribution in [0.4, 0.5) is 0 Å². The molecule has 0 amide bonds. The Balaban J connectivity index is 2.05. The van der Waals surface area contributed by atoms with Gasteiger partial charge in [-0.05, 0) is 41.8 Å². The maximum absolute atomic E-state index is 5.85. The number of hydrogen-bond donors (Lipinski definition) is 0. The maximum atomic E-state index is 5.85. The summed E-state index contributed by atoms with van der Waals surface area (Å²) in [5.41, 5.74) is 3.44. The van der Waals surface area contributed by atoms with Crippen molar-refractivity contribution in [2.45, 2.75) is 12.8 Å². The first-order valence-electron chi connectivity index (χ1n) is 7.46. The van der Waals surface area contributed by atoms with Crippen LogP contribution in [-0.4, -0.2) is 20.8 Å². The molecule has 3 rings (SSSR count). The molecule has 1 heterocycles. The van der Waals surface area contributed by atoms with Gasteiger partial charge in [0, 0.05) is 12.0 Å². The van der Waals surface area contributed by atoms with E-state index in [2.05, 4.69) is 24.3 Å². The predicted molar refractivity (Wildman–Crippen MR) is 87.2 cm³/mol. The van der Waals surface area contributed by atoms with Gasteiger partial charge in [-0.25, -0.2) is 0 Å². The Morgan fingerprint density at radius 3 is 1.68 bits per heavy atom. The lowest BCUT2D eigenvalue weighted by molar-refractivity contribution is 0.265. The minimum absolute atomic E-state index is 0.797. The van der Waals surface area contributed by atoms with E-state index in [9.17, 15) is 0 Å². The Kier molecular flexibility index (Phi) is 4.33. The molecule has 1 aliphatic heterocycles. The van der Waals surface area contributed by atoms with Gasteiger partial charge in [0.15, 0.2) is 0 Å². The number of methoxy groups -OCH3 is 2. The first-order chi connectivity index (χ1) is 10.8. The minimum atomic E-state index is 0.797. The van der Waals surface area contributed by atoms with Crippen molar-refractivity contribution in [2.75, 3.05) is 20.8 Å². The van der Waals surface area contributed by atoms with Crippen molar-refractivity contribution in [2.24, 2.45) is 0 Å². The molecular formula is C19H20O3. The Bertz CT molecular complexity index is 597. The molecular weight excluding hydrogens is 276 g/mol. The number of allylic oxidation sites excluding steroid dienone is 1. The van der Waals surface area contributed by atoms with Gasteiger partial charge >= 0.3 is 0 Å². The van der Waals surface area contributed by atoms with Gasteiger partial charge in [0.1, 0.15) is 17.3 Å². The van der Waals surface area contributed by atoms with Gasteiger partial charge in [0.2, 0.25) is 0 Å². The molecule has 3 nitrogen and oxygen atoms in total. The van der Waals surface area contributed by atoms with Crippen LogP contribution in [0, 0.1) is 0 Å². The number of hydrogen-bond acceptors (Lipinski definition) is 3. The van der Waals surface area contributed by atoms with E-state index in [1.165, 1.54) is 0 Å². The lowest BCUT2D eigenvalue weighted by Crippen LogP contribution is -1.95. The van der Waals surface area contributed by atoms with Crippen molar-refractivity contribution in [3.8, 4) is 11.5 Å². The van der Waals surface area contributed by atoms with Crippen LogP contribution in [0.25, 0.3) is 5.57 Å². The van der Waals surface area contributed by atoms with Crippen molar-refractivity contribution in [3.05, 3.63) is 65.4 Å². The molecule has 0 aliphatic carbocycles. The van der Waals surface area contributed by atoms with Crippen molar-refractivity contribution in [1.29, 1.82) is 0 Å². The van der Waals surface area contributed by atoms with Crippen molar-refractivity contribution >= 4 is 5.57 Å². The van der Waals surface area contributed by atoms with Crippen molar-refractivity contribution in [3.63, 3.8) is 0 Å². The molecule has 1 aliphatic rings. The van der Waals surface area contributed by atoms with Crippen molar-refractivity contribution < 1.29 is 14.2 Å². The largest absolute Gasteiger partial charge is 0.497 e. The van der Waals surface area contributed by atoms with Crippen LogP contribution in [0.15, 0.2) is 54.3 Å². The predicted octanol–water partition coefficient (Wildman–Crippen LogP) is 4.27. The zero-order valence-electron chi connectivity index (χ0n) is 13.0. The van der Waals surface area contributed by atoms with Crippen LogP contribution < -0.4 is 9.47 Å². The molecule has 2 aromatic rings. The van der Waals surface area contributed by atoms with Gasteiger partial charge in [-0.15, -0.1) is 0 Å². The fourth-order valence-corrected chi connectivity index (χ4v) is 2.70. The van der Waals surface area contributed by atoms with E-state index in [0.717, 1.165) is 53.4 Å². The average molecular weight is 296 g/mol. The molecule has 1 fully saturated rings. The number of rotatable bonds is 4. The maximum Gasteiger partial charge on any atom is 0.118 e. The second kappa shape index (κ2) is 6.56. The normalized spacial score (nSPS) is 13.6. The van der Waals surface area contributed by atoms with Crippen LogP contribution in [0.2, 0.25) is 0 Å². The monoisotopic (exact) mass is 296 g/mol. The van der Waals surface area contributed by atoms with E-state index in [-0.39, 0.29) is 0 Å². The Morgan fingerprint density at radius 2 is 1.32 bits per heavy atom. The topological polar surface area (TPSA) is 27.7 Å². The Labute approximate surface area is 131 Å². The van der Waals surface area contributed by atoms with E-state index < -0.39 is 0 Å². The highest BCUT2D eigenvalue weighted by Gasteiger charge is 2.17. The van der Waals surface area contributed by atoms with Crippen LogP contribution in [-0.2, 0) is 4.74 Å². The van der Waals surface area contributed by atoms with Gasteiger partial charge in [-0.1, -0.05) is 24.3 Å². The van der Waals surface area contributed by atoms with Crippen molar-refractivity contribution in [1.82, 2.24) is 0 Å². The highest BCUT2D eigenvalue weighted by atomic mass is 16.5. The number of ether oxygens (including phenoxy) is 3. The zero-order chi connectivity index (χ0) is 15.4. The molecule has 0 atom stereocenters. The summed E-state index contributed by atoms with van der Waals surface area (Å²) in [6.45, 7) is 0.797. The SMILES string of the molecule is COc1ccc(C(=C2CCCO2)c2ccc(OC)cc2)cc1. The molecule has 0 N–H and O–H groups in total. The molecule has 0 radical (unpaired) electrons. The Hall–Kier alpha value is -2.42. The third-order valence-corrected chi connectivity index (χ3v) is 3.86. The molecule has 0 bridgehead atoms. The molecule has 3 heteroatoms. The summed E-state index contributed by atoms with van der Waals surface area (Å²) in [6.07, 6.45) is 2.05. The summed E-state index contributed by atoms with van der Waals surface area (Å²) >= 11 is 0. The molecule has 22 heavy (non-hydrogen) atoms. The fraction of sp³-hybridized carbons (Fsp3) is 0.263. The first-order valence-corrected chi connectivity index (χ1v) is 7.46. The molecule has 114 valence electrons. The van der Waals surface area contributed by atoms with Crippen LogP contribution >= 0.6 is 0 Å². The summed E-state index contributed by atoms with van der Waals surface area (Å²) in [6, 6.07) is 16.2. The third kappa shape index (κ3) is 2.93. The minimum Gasteiger partial charge on any atom is -0.497 e. The summed E-state index contributed by atoms with van der Waals surface area (Å²) in [5.74, 6) is 2.78. The molecule has 1 saturated heterocycles. The lowest BCUT2D eigenvalue weighted by atomic mass is 9.95. The first kappa shape index (κ1) is 14.5. The quantitative estimate of drug-likeness (QED) is 0.843. The van der Waals surface area contributed by atoms with E-state index in [0.29, 0.717) is 0 Å². The van der Waals surface area contributed by atoms with E-state index >= 15 is 0 Å². The lowest BCUT2D eigenvalue weighted by Gasteiger charge is -2.13. The number of benzene rings is 2. The molecule has 0 saturated carbocycles. The fourth-order valence-electron chi connectivity index (χ4n) is 2.70. The molecule has 2 aromatic carbocycles. The van der Waals surface area contributed by atoms with E-state index in [1.807, 2.05) is 24.3 Å². The summed E-state index contributed by atoms with van der Waals surface area (Å²) in [7, 11) is 3.36. The van der Waals surface area contributed by atoms with Crippen LogP contribution in [0.5, 0.6) is 11.5 Å². The summed E-state index contributed by atoms with van der Waals surface area (Å²) < 4.78 is 16.3. The molecule has 0 aromatic heterocycles. The second-order valence-electron chi connectivity index (χ2n) is 5.21.